The van der Waals surface area contributed by atoms with Crippen LogP contribution < -0.4 is 15.5 Å². The highest BCUT2D eigenvalue weighted by Gasteiger charge is 2.30. The average molecular weight is 431 g/mol. The van der Waals surface area contributed by atoms with E-state index < -0.39 is 6.61 Å². The summed E-state index contributed by atoms with van der Waals surface area (Å²) in [4.78, 5) is 14.6. The number of rotatable bonds is 6. The molecule has 4 rings (SSSR count). The Hall–Kier alpha value is -3.14. The van der Waals surface area contributed by atoms with Crippen LogP contribution in [0.2, 0.25) is 0 Å². The number of aromatic nitrogens is 3. The lowest BCUT2D eigenvalue weighted by Crippen LogP contribution is -2.37. The van der Waals surface area contributed by atoms with Gasteiger partial charge >= 0.3 is 6.61 Å². The van der Waals surface area contributed by atoms with Crippen LogP contribution in [0.3, 0.4) is 0 Å². The number of carbonyl (C=O) groups excluding carboxylic acids is 1. The fourth-order valence-corrected chi connectivity index (χ4v) is 4.21. The SMILES string of the molecule is C[C@H]1Cc2ccccc2N1C(=O)CSc1nnc(-c2ccc(OC(F)F)cc2)n1N. The predicted molar refractivity (Wildman–Crippen MR) is 110 cm³/mol. The van der Waals surface area contributed by atoms with Gasteiger partial charge in [-0.05, 0) is 49.2 Å². The van der Waals surface area contributed by atoms with E-state index in [0.717, 1.165) is 17.7 Å². The normalized spacial score (nSPS) is 15.5. The number of halogens is 2. The van der Waals surface area contributed by atoms with Crippen LogP contribution in [0.4, 0.5) is 14.5 Å². The molecule has 10 heteroatoms. The highest BCUT2D eigenvalue weighted by Crippen LogP contribution is 2.33. The highest BCUT2D eigenvalue weighted by atomic mass is 32.2. The summed E-state index contributed by atoms with van der Waals surface area (Å²) in [7, 11) is 0. The Balaban J connectivity index is 1.44. The minimum Gasteiger partial charge on any atom is -0.435 e. The van der Waals surface area contributed by atoms with Gasteiger partial charge in [-0.25, -0.2) is 4.68 Å². The second kappa shape index (κ2) is 8.31. The molecule has 1 aliphatic rings. The zero-order chi connectivity index (χ0) is 21.3. The molecule has 0 saturated carbocycles. The topological polar surface area (TPSA) is 86.3 Å². The van der Waals surface area contributed by atoms with Gasteiger partial charge in [0, 0.05) is 17.3 Å². The molecule has 7 nitrogen and oxygen atoms in total. The zero-order valence-corrected chi connectivity index (χ0v) is 16.9. The molecule has 0 bridgehead atoms. The standard InChI is InChI=1S/C20H19F2N5O2S/c1-12-10-14-4-2-3-5-16(14)26(12)17(28)11-30-20-25-24-18(27(20)23)13-6-8-15(9-7-13)29-19(21)22/h2-9,12,19H,10-11,23H2,1H3/t12-/m0/s1. The number of hydrogen-bond donors (Lipinski definition) is 1. The van der Waals surface area contributed by atoms with E-state index in [1.165, 1.54) is 28.6 Å². The van der Waals surface area contributed by atoms with E-state index in [4.69, 9.17) is 5.84 Å². The Morgan fingerprint density at radius 3 is 2.70 bits per heavy atom. The van der Waals surface area contributed by atoms with E-state index in [9.17, 15) is 13.6 Å². The second-order valence-electron chi connectivity index (χ2n) is 6.81. The van der Waals surface area contributed by atoms with Crippen molar-refractivity contribution in [3.63, 3.8) is 0 Å². The van der Waals surface area contributed by atoms with E-state index >= 15 is 0 Å². The molecule has 1 atom stereocenters. The number of thioether (sulfide) groups is 1. The monoisotopic (exact) mass is 431 g/mol. The number of fused-ring (bicyclic) bond motifs is 1. The lowest BCUT2D eigenvalue weighted by atomic mass is 10.1. The van der Waals surface area contributed by atoms with Gasteiger partial charge in [-0.3, -0.25) is 4.79 Å². The third-order valence-electron chi connectivity index (χ3n) is 4.80. The van der Waals surface area contributed by atoms with Crippen LogP contribution in [0.25, 0.3) is 11.4 Å². The second-order valence-corrected chi connectivity index (χ2v) is 7.76. The number of para-hydroxylation sites is 1. The number of anilines is 1. The Bertz CT molecular complexity index is 1060. The molecule has 1 aromatic heterocycles. The first-order valence-electron chi connectivity index (χ1n) is 9.22. The average Bonchev–Trinajstić information content (AvgIpc) is 3.25. The van der Waals surface area contributed by atoms with Gasteiger partial charge in [-0.15, -0.1) is 10.2 Å². The molecule has 0 fully saturated rings. The molecule has 0 unspecified atom stereocenters. The van der Waals surface area contributed by atoms with E-state index in [-0.39, 0.29) is 23.5 Å². The van der Waals surface area contributed by atoms with Crippen molar-refractivity contribution in [3.05, 3.63) is 54.1 Å². The van der Waals surface area contributed by atoms with Crippen LogP contribution in [0.15, 0.2) is 53.7 Å². The molecular formula is C20H19F2N5O2S. The summed E-state index contributed by atoms with van der Waals surface area (Å²) in [6.45, 7) is -0.868. The van der Waals surface area contributed by atoms with Crippen molar-refractivity contribution in [3.8, 4) is 17.1 Å². The molecule has 0 aliphatic carbocycles. The lowest BCUT2D eigenvalue weighted by Gasteiger charge is -2.22. The summed E-state index contributed by atoms with van der Waals surface area (Å²) in [5.41, 5.74) is 2.69. The summed E-state index contributed by atoms with van der Waals surface area (Å²) in [6, 6.07) is 13.9. The number of nitrogen functional groups attached to an aromatic ring is 1. The Morgan fingerprint density at radius 2 is 1.97 bits per heavy atom. The number of benzene rings is 2. The Kier molecular flexibility index (Phi) is 5.58. The van der Waals surface area contributed by atoms with Gasteiger partial charge in [0.05, 0.1) is 5.75 Å². The van der Waals surface area contributed by atoms with E-state index in [1.54, 1.807) is 12.1 Å². The van der Waals surface area contributed by atoms with Gasteiger partial charge in [0.1, 0.15) is 5.75 Å². The van der Waals surface area contributed by atoms with E-state index in [0.29, 0.717) is 16.5 Å². The number of hydrogen-bond acceptors (Lipinski definition) is 6. The molecule has 156 valence electrons. The number of ether oxygens (including phenoxy) is 1. The maximum Gasteiger partial charge on any atom is 0.387 e. The predicted octanol–water partition coefficient (Wildman–Crippen LogP) is 3.33. The Labute approximate surface area is 175 Å². The first kappa shape index (κ1) is 20.1. The molecule has 2 N–H and O–H groups in total. The third-order valence-corrected chi connectivity index (χ3v) is 5.73. The summed E-state index contributed by atoms with van der Waals surface area (Å²) >= 11 is 1.20. The van der Waals surface area contributed by atoms with Crippen LogP contribution >= 0.6 is 11.8 Å². The van der Waals surface area contributed by atoms with Crippen LogP contribution in [0, 0.1) is 0 Å². The fraction of sp³-hybridized carbons (Fsp3) is 0.250. The summed E-state index contributed by atoms with van der Waals surface area (Å²) < 4.78 is 30.2. The van der Waals surface area contributed by atoms with Crippen molar-refractivity contribution < 1.29 is 18.3 Å². The quantitative estimate of drug-likeness (QED) is 0.476. The number of carbonyl (C=O) groups is 1. The minimum absolute atomic E-state index is 0.0319. The van der Waals surface area contributed by atoms with Gasteiger partial charge in [0.2, 0.25) is 11.1 Å². The summed E-state index contributed by atoms with van der Waals surface area (Å²) in [5, 5.41) is 8.49. The first-order valence-corrected chi connectivity index (χ1v) is 10.2. The van der Waals surface area contributed by atoms with Gasteiger partial charge in [0.25, 0.3) is 0 Å². The molecule has 2 heterocycles. The van der Waals surface area contributed by atoms with Crippen molar-refractivity contribution >= 4 is 23.4 Å². The minimum atomic E-state index is -2.89. The van der Waals surface area contributed by atoms with Crippen molar-refractivity contribution in [2.75, 3.05) is 16.5 Å². The third kappa shape index (κ3) is 3.95. The van der Waals surface area contributed by atoms with Crippen LogP contribution in [-0.2, 0) is 11.2 Å². The number of alkyl halides is 2. The number of nitrogens with two attached hydrogens (primary N) is 1. The van der Waals surface area contributed by atoms with Crippen LogP contribution in [-0.4, -0.2) is 39.2 Å². The molecule has 3 aromatic rings. The maximum atomic E-state index is 12.8. The van der Waals surface area contributed by atoms with Gasteiger partial charge < -0.3 is 15.5 Å². The molecule has 0 saturated heterocycles. The van der Waals surface area contributed by atoms with Crippen molar-refractivity contribution in [1.29, 1.82) is 0 Å². The Morgan fingerprint density at radius 1 is 1.23 bits per heavy atom. The van der Waals surface area contributed by atoms with Crippen molar-refractivity contribution in [2.45, 2.75) is 31.2 Å². The molecule has 1 aliphatic heterocycles. The number of nitrogens with zero attached hydrogens (tertiary/aromatic N) is 4. The molecular weight excluding hydrogens is 412 g/mol. The van der Waals surface area contributed by atoms with E-state index in [1.807, 2.05) is 36.1 Å². The zero-order valence-electron chi connectivity index (χ0n) is 16.0. The van der Waals surface area contributed by atoms with Crippen LogP contribution in [0.5, 0.6) is 5.75 Å². The summed E-state index contributed by atoms with van der Waals surface area (Å²) in [5.74, 6) is 6.62. The molecule has 0 radical (unpaired) electrons. The maximum absolute atomic E-state index is 12.8. The lowest BCUT2D eigenvalue weighted by molar-refractivity contribution is -0.116. The van der Waals surface area contributed by atoms with Crippen molar-refractivity contribution in [1.82, 2.24) is 14.9 Å². The molecule has 0 spiro atoms. The highest BCUT2D eigenvalue weighted by molar-refractivity contribution is 7.99. The summed E-state index contributed by atoms with van der Waals surface area (Å²) in [6.07, 6.45) is 0.828. The number of amides is 1. The largest absolute Gasteiger partial charge is 0.435 e. The first-order chi connectivity index (χ1) is 14.4. The van der Waals surface area contributed by atoms with Crippen LogP contribution in [0.1, 0.15) is 12.5 Å². The van der Waals surface area contributed by atoms with Gasteiger partial charge in [-0.1, -0.05) is 30.0 Å². The molecule has 2 aromatic carbocycles. The van der Waals surface area contributed by atoms with Gasteiger partial charge in [-0.2, -0.15) is 8.78 Å². The fourth-order valence-electron chi connectivity index (χ4n) is 3.50. The molecule has 1 amide bonds. The van der Waals surface area contributed by atoms with Gasteiger partial charge in [0.15, 0.2) is 5.82 Å². The van der Waals surface area contributed by atoms with Crippen molar-refractivity contribution in [2.24, 2.45) is 0 Å². The smallest absolute Gasteiger partial charge is 0.387 e. The molecule has 30 heavy (non-hydrogen) atoms. The van der Waals surface area contributed by atoms with E-state index in [2.05, 4.69) is 14.9 Å².